The van der Waals surface area contributed by atoms with Crippen LogP contribution in [0.15, 0.2) is 40.2 Å². The number of aliphatic hydroxyl groups is 1. The highest BCUT2D eigenvalue weighted by atomic mass is 79.9. The third kappa shape index (κ3) is 2.70. The summed E-state index contributed by atoms with van der Waals surface area (Å²) in [5, 5.41) is 11.9. The zero-order valence-corrected chi connectivity index (χ0v) is 10.8. The Morgan fingerprint density at radius 3 is 2.81 bits per heavy atom. The molecule has 1 nitrogen and oxygen atoms in total. The highest BCUT2D eigenvalue weighted by Crippen LogP contribution is 2.28. The van der Waals surface area contributed by atoms with Crippen LogP contribution in [0.25, 0.3) is 0 Å². The molecular formula is C12H10BrFOS. The smallest absolute Gasteiger partial charge is 0.123 e. The van der Waals surface area contributed by atoms with Gasteiger partial charge < -0.3 is 5.11 Å². The number of hydrogen-bond donors (Lipinski definition) is 1. The zero-order valence-electron chi connectivity index (χ0n) is 8.36. The average molecular weight is 301 g/mol. The highest BCUT2D eigenvalue weighted by molar-refractivity contribution is 9.10. The van der Waals surface area contributed by atoms with E-state index in [2.05, 4.69) is 15.9 Å². The molecule has 0 spiro atoms. The van der Waals surface area contributed by atoms with E-state index in [-0.39, 0.29) is 5.82 Å². The standard InChI is InChI=1S/C12H10BrFOS/c13-10-4-5-16-12(10)7-11(15)8-2-1-3-9(14)6-8/h1-6,11,15H,7H2. The van der Waals surface area contributed by atoms with Crippen LogP contribution in [0.3, 0.4) is 0 Å². The van der Waals surface area contributed by atoms with Gasteiger partial charge in [-0.1, -0.05) is 12.1 Å². The topological polar surface area (TPSA) is 20.2 Å². The van der Waals surface area contributed by atoms with Crippen molar-refractivity contribution in [1.29, 1.82) is 0 Å². The molecule has 0 saturated heterocycles. The summed E-state index contributed by atoms with van der Waals surface area (Å²) in [5.41, 5.74) is 0.611. The van der Waals surface area contributed by atoms with Gasteiger partial charge in [-0.15, -0.1) is 11.3 Å². The van der Waals surface area contributed by atoms with E-state index in [1.54, 1.807) is 23.5 Å². The van der Waals surface area contributed by atoms with E-state index >= 15 is 0 Å². The summed E-state index contributed by atoms with van der Waals surface area (Å²) in [6, 6.07) is 8.02. The molecule has 0 fully saturated rings. The van der Waals surface area contributed by atoms with Crippen LogP contribution in [0.5, 0.6) is 0 Å². The second-order valence-electron chi connectivity index (χ2n) is 3.47. The summed E-state index contributed by atoms with van der Waals surface area (Å²) in [4.78, 5) is 1.07. The molecule has 1 N–H and O–H groups in total. The predicted octanol–water partition coefficient (Wildman–Crippen LogP) is 3.93. The maximum absolute atomic E-state index is 13.0. The largest absolute Gasteiger partial charge is 0.388 e. The molecule has 1 aromatic heterocycles. The van der Waals surface area contributed by atoms with Crippen LogP contribution in [0, 0.1) is 5.82 Å². The van der Waals surface area contributed by atoms with E-state index in [9.17, 15) is 9.50 Å². The number of thiophene rings is 1. The van der Waals surface area contributed by atoms with Crippen LogP contribution in [0.1, 0.15) is 16.5 Å². The van der Waals surface area contributed by atoms with Crippen LogP contribution in [-0.2, 0) is 6.42 Å². The first-order valence-corrected chi connectivity index (χ1v) is 6.49. The minimum atomic E-state index is -0.661. The summed E-state index contributed by atoms with van der Waals surface area (Å²) < 4.78 is 14.0. The Bertz CT molecular complexity index is 483. The first-order chi connectivity index (χ1) is 7.66. The number of hydrogen-bond acceptors (Lipinski definition) is 2. The molecule has 1 heterocycles. The van der Waals surface area contributed by atoms with Gasteiger partial charge in [0.2, 0.25) is 0 Å². The van der Waals surface area contributed by atoms with Crippen molar-refractivity contribution in [3.05, 3.63) is 56.4 Å². The Morgan fingerprint density at radius 2 is 2.19 bits per heavy atom. The van der Waals surface area contributed by atoms with E-state index in [0.717, 1.165) is 9.35 Å². The van der Waals surface area contributed by atoms with Crippen LogP contribution in [0.2, 0.25) is 0 Å². The lowest BCUT2D eigenvalue weighted by Gasteiger charge is -2.10. The van der Waals surface area contributed by atoms with Crippen LogP contribution in [-0.4, -0.2) is 5.11 Å². The van der Waals surface area contributed by atoms with Gasteiger partial charge in [-0.2, -0.15) is 0 Å². The third-order valence-corrected chi connectivity index (χ3v) is 4.25. The monoisotopic (exact) mass is 300 g/mol. The first-order valence-electron chi connectivity index (χ1n) is 4.82. The van der Waals surface area contributed by atoms with E-state index in [1.807, 2.05) is 11.4 Å². The second kappa shape index (κ2) is 5.08. The molecular weight excluding hydrogens is 291 g/mol. The molecule has 0 amide bonds. The van der Waals surface area contributed by atoms with Gasteiger partial charge >= 0.3 is 0 Å². The van der Waals surface area contributed by atoms with Gasteiger partial charge in [-0.05, 0) is 45.1 Å². The molecule has 1 atom stereocenters. The number of aliphatic hydroxyl groups excluding tert-OH is 1. The summed E-state index contributed by atoms with van der Waals surface area (Å²) in [6.45, 7) is 0. The quantitative estimate of drug-likeness (QED) is 0.911. The molecule has 0 saturated carbocycles. The lowest BCUT2D eigenvalue weighted by atomic mass is 10.1. The van der Waals surface area contributed by atoms with Gasteiger partial charge in [0.15, 0.2) is 0 Å². The van der Waals surface area contributed by atoms with Crippen molar-refractivity contribution >= 4 is 27.3 Å². The predicted molar refractivity (Wildman–Crippen MR) is 67.1 cm³/mol. The average Bonchev–Trinajstić information content (AvgIpc) is 2.64. The zero-order chi connectivity index (χ0) is 11.5. The van der Waals surface area contributed by atoms with Crippen molar-refractivity contribution in [2.45, 2.75) is 12.5 Å². The summed E-state index contributed by atoms with van der Waals surface area (Å²) in [7, 11) is 0. The van der Waals surface area contributed by atoms with Crippen LogP contribution in [0.4, 0.5) is 4.39 Å². The van der Waals surface area contributed by atoms with Gasteiger partial charge in [0.1, 0.15) is 5.82 Å². The molecule has 0 bridgehead atoms. The summed E-state index contributed by atoms with van der Waals surface area (Å²) in [5.74, 6) is -0.318. The fourth-order valence-electron chi connectivity index (χ4n) is 1.48. The lowest BCUT2D eigenvalue weighted by molar-refractivity contribution is 0.179. The third-order valence-electron chi connectivity index (χ3n) is 2.30. The number of benzene rings is 1. The van der Waals surface area contributed by atoms with Crippen molar-refractivity contribution < 1.29 is 9.50 Å². The van der Waals surface area contributed by atoms with Gasteiger partial charge in [0, 0.05) is 15.8 Å². The van der Waals surface area contributed by atoms with E-state index in [0.29, 0.717) is 12.0 Å². The van der Waals surface area contributed by atoms with Gasteiger partial charge in [-0.3, -0.25) is 0 Å². The molecule has 1 aromatic carbocycles. The lowest BCUT2D eigenvalue weighted by Crippen LogP contribution is -2.01. The van der Waals surface area contributed by atoms with Gasteiger partial charge in [-0.25, -0.2) is 4.39 Å². The Balaban J connectivity index is 2.14. The highest BCUT2D eigenvalue weighted by Gasteiger charge is 2.12. The Morgan fingerprint density at radius 1 is 1.38 bits per heavy atom. The molecule has 2 rings (SSSR count). The number of rotatable bonds is 3. The van der Waals surface area contributed by atoms with Gasteiger partial charge in [0.25, 0.3) is 0 Å². The van der Waals surface area contributed by atoms with E-state index in [4.69, 9.17) is 0 Å². The fraction of sp³-hybridized carbons (Fsp3) is 0.167. The Kier molecular flexibility index (Phi) is 3.74. The molecule has 4 heteroatoms. The van der Waals surface area contributed by atoms with Crippen molar-refractivity contribution in [3.63, 3.8) is 0 Å². The molecule has 0 aliphatic rings. The fourth-order valence-corrected chi connectivity index (χ4v) is 3.03. The second-order valence-corrected chi connectivity index (χ2v) is 5.32. The van der Waals surface area contributed by atoms with Gasteiger partial charge in [0.05, 0.1) is 6.10 Å². The summed E-state index contributed by atoms with van der Waals surface area (Å²) in [6.07, 6.45) is -0.160. The molecule has 16 heavy (non-hydrogen) atoms. The van der Waals surface area contributed by atoms with Crippen molar-refractivity contribution in [3.8, 4) is 0 Å². The normalized spacial score (nSPS) is 12.7. The molecule has 1 unspecified atom stereocenters. The molecule has 84 valence electrons. The molecule has 0 aliphatic heterocycles. The number of halogens is 2. The Hall–Kier alpha value is -0.710. The maximum atomic E-state index is 13.0. The van der Waals surface area contributed by atoms with Crippen molar-refractivity contribution in [2.75, 3.05) is 0 Å². The molecule has 0 radical (unpaired) electrons. The maximum Gasteiger partial charge on any atom is 0.123 e. The van der Waals surface area contributed by atoms with Crippen molar-refractivity contribution in [1.82, 2.24) is 0 Å². The minimum absolute atomic E-state index is 0.318. The SMILES string of the molecule is OC(Cc1sccc1Br)c1cccc(F)c1. The van der Waals surface area contributed by atoms with E-state index in [1.165, 1.54) is 12.1 Å². The van der Waals surface area contributed by atoms with Crippen molar-refractivity contribution in [2.24, 2.45) is 0 Å². The molecule has 0 aliphatic carbocycles. The van der Waals surface area contributed by atoms with E-state index < -0.39 is 6.10 Å². The van der Waals surface area contributed by atoms with Crippen LogP contribution >= 0.6 is 27.3 Å². The first kappa shape index (κ1) is 11.8. The Labute approximate surface area is 106 Å². The molecule has 2 aromatic rings. The minimum Gasteiger partial charge on any atom is -0.388 e. The summed E-state index contributed by atoms with van der Waals surface area (Å²) >= 11 is 4.98. The van der Waals surface area contributed by atoms with Crippen LogP contribution < -0.4 is 0 Å².